The van der Waals surface area contributed by atoms with Gasteiger partial charge in [0.2, 0.25) is 0 Å². The van der Waals surface area contributed by atoms with Gasteiger partial charge in [-0.25, -0.2) is 8.42 Å². The van der Waals surface area contributed by atoms with Gasteiger partial charge in [0.1, 0.15) is 4.90 Å². The van der Waals surface area contributed by atoms with Crippen molar-refractivity contribution in [2.45, 2.75) is 18.7 Å². The molecule has 144 valence electrons. The number of aryl methyl sites for hydroxylation is 1. The fourth-order valence-corrected chi connectivity index (χ4v) is 4.23. The van der Waals surface area contributed by atoms with E-state index < -0.39 is 15.9 Å². The van der Waals surface area contributed by atoms with Crippen LogP contribution in [0.25, 0.3) is 0 Å². The Kier molecular flexibility index (Phi) is 5.72. The molecule has 0 spiro atoms. The Bertz CT molecular complexity index is 1130. The van der Waals surface area contributed by atoms with Crippen LogP contribution in [-0.4, -0.2) is 14.3 Å². The molecule has 0 heterocycles. The first kappa shape index (κ1) is 19.9. The maximum Gasteiger partial charge on any atom is 0.263 e. The molecule has 0 fully saturated rings. The van der Waals surface area contributed by atoms with Gasteiger partial charge >= 0.3 is 0 Å². The van der Waals surface area contributed by atoms with Gasteiger partial charge < -0.3 is 5.32 Å². The number of carbonyl (C=O) groups is 1. The topological polar surface area (TPSA) is 75.3 Å². The van der Waals surface area contributed by atoms with Crippen molar-refractivity contribution in [1.82, 2.24) is 0 Å². The first-order valence-electron chi connectivity index (χ1n) is 8.53. The van der Waals surface area contributed by atoms with Crippen LogP contribution < -0.4 is 10.0 Å². The molecule has 0 atom stereocenters. The maximum atomic E-state index is 12.7. The fourth-order valence-electron chi connectivity index (χ4n) is 2.65. The van der Waals surface area contributed by atoms with Gasteiger partial charge in [0.05, 0.1) is 5.02 Å². The molecule has 0 aromatic heterocycles. The molecule has 28 heavy (non-hydrogen) atoms. The van der Waals surface area contributed by atoms with Crippen LogP contribution in [0.15, 0.2) is 71.6 Å². The van der Waals surface area contributed by atoms with Crippen molar-refractivity contribution in [3.63, 3.8) is 0 Å². The molecule has 3 aromatic carbocycles. The van der Waals surface area contributed by atoms with Gasteiger partial charge in [-0.1, -0.05) is 41.9 Å². The lowest BCUT2D eigenvalue weighted by molar-refractivity contribution is 0.102. The molecule has 3 rings (SSSR count). The third kappa shape index (κ3) is 4.35. The van der Waals surface area contributed by atoms with Crippen LogP contribution in [0.4, 0.5) is 11.4 Å². The number of carbonyl (C=O) groups excluding carboxylic acids is 1. The summed E-state index contributed by atoms with van der Waals surface area (Å²) >= 11 is 6.11. The van der Waals surface area contributed by atoms with Crippen LogP contribution >= 0.6 is 11.6 Å². The average molecular weight is 415 g/mol. The highest BCUT2D eigenvalue weighted by molar-refractivity contribution is 7.92. The summed E-state index contributed by atoms with van der Waals surface area (Å²) in [5.41, 5.74) is 3.27. The van der Waals surface area contributed by atoms with Crippen molar-refractivity contribution < 1.29 is 13.2 Å². The van der Waals surface area contributed by atoms with E-state index in [-0.39, 0.29) is 15.5 Å². The Labute approximate surface area is 169 Å². The fraction of sp³-hybridized carbons (Fsp3) is 0.0952. The molecule has 0 unspecified atom stereocenters. The minimum Gasteiger partial charge on any atom is -0.322 e. The van der Waals surface area contributed by atoms with Gasteiger partial charge in [0.15, 0.2) is 0 Å². The summed E-state index contributed by atoms with van der Waals surface area (Å²) in [7, 11) is -3.95. The van der Waals surface area contributed by atoms with Gasteiger partial charge in [-0.15, -0.1) is 0 Å². The SMILES string of the molecule is Cc1cccc(NC(=O)c2ccc(Cl)c(S(=O)(=O)Nc3ccccc3)c2)c1C. The minimum absolute atomic E-state index is 0.0340. The van der Waals surface area contributed by atoms with E-state index in [9.17, 15) is 13.2 Å². The van der Waals surface area contributed by atoms with Crippen molar-refractivity contribution >= 4 is 38.9 Å². The van der Waals surface area contributed by atoms with Gasteiger partial charge in [-0.3, -0.25) is 9.52 Å². The van der Waals surface area contributed by atoms with E-state index in [0.29, 0.717) is 11.4 Å². The van der Waals surface area contributed by atoms with Crippen LogP contribution in [0.5, 0.6) is 0 Å². The van der Waals surface area contributed by atoms with E-state index in [1.807, 2.05) is 26.0 Å². The van der Waals surface area contributed by atoms with Gasteiger partial charge in [-0.05, 0) is 61.4 Å². The number of anilines is 2. The number of hydrogen-bond acceptors (Lipinski definition) is 3. The Morgan fingerprint density at radius 1 is 0.929 bits per heavy atom. The molecular weight excluding hydrogens is 396 g/mol. The first-order valence-corrected chi connectivity index (χ1v) is 10.4. The van der Waals surface area contributed by atoms with Crippen molar-refractivity contribution in [3.05, 3.63) is 88.4 Å². The van der Waals surface area contributed by atoms with E-state index >= 15 is 0 Å². The lowest BCUT2D eigenvalue weighted by Crippen LogP contribution is -2.17. The number of halogens is 1. The molecule has 0 saturated carbocycles. The third-order valence-electron chi connectivity index (χ3n) is 4.36. The highest BCUT2D eigenvalue weighted by Crippen LogP contribution is 2.26. The van der Waals surface area contributed by atoms with E-state index in [4.69, 9.17) is 11.6 Å². The summed E-state index contributed by atoms with van der Waals surface area (Å²) in [4.78, 5) is 12.5. The summed E-state index contributed by atoms with van der Waals surface area (Å²) in [6.45, 7) is 3.86. The van der Waals surface area contributed by atoms with E-state index in [1.54, 1.807) is 36.4 Å². The summed E-state index contributed by atoms with van der Waals surface area (Å²) in [5, 5.41) is 2.85. The predicted molar refractivity (Wildman–Crippen MR) is 113 cm³/mol. The number of amides is 1. The van der Waals surface area contributed by atoms with Gasteiger partial charge in [-0.2, -0.15) is 0 Å². The quantitative estimate of drug-likeness (QED) is 0.616. The Morgan fingerprint density at radius 3 is 2.36 bits per heavy atom. The Balaban J connectivity index is 1.90. The molecule has 0 saturated heterocycles. The van der Waals surface area contributed by atoms with Crippen LogP contribution in [-0.2, 0) is 10.0 Å². The zero-order valence-electron chi connectivity index (χ0n) is 15.4. The number of sulfonamides is 1. The normalized spacial score (nSPS) is 11.1. The second-order valence-corrected chi connectivity index (χ2v) is 8.38. The third-order valence-corrected chi connectivity index (χ3v) is 6.22. The molecule has 0 aliphatic rings. The summed E-state index contributed by atoms with van der Waals surface area (Å²) < 4.78 is 27.9. The summed E-state index contributed by atoms with van der Waals surface area (Å²) in [6.07, 6.45) is 0. The molecule has 2 N–H and O–H groups in total. The second-order valence-electron chi connectivity index (χ2n) is 6.32. The van der Waals surface area contributed by atoms with Gasteiger partial charge in [0.25, 0.3) is 15.9 Å². The zero-order valence-corrected chi connectivity index (χ0v) is 16.9. The molecule has 0 aliphatic carbocycles. The van der Waals surface area contributed by atoms with Crippen LogP contribution in [0.1, 0.15) is 21.5 Å². The van der Waals surface area contributed by atoms with Crippen molar-refractivity contribution in [2.24, 2.45) is 0 Å². The van der Waals surface area contributed by atoms with Crippen LogP contribution in [0, 0.1) is 13.8 Å². The van der Waals surface area contributed by atoms with E-state index in [1.165, 1.54) is 18.2 Å². The maximum absolute atomic E-state index is 12.7. The highest BCUT2D eigenvalue weighted by atomic mass is 35.5. The molecular formula is C21H19ClN2O3S. The Hall–Kier alpha value is -2.83. The van der Waals surface area contributed by atoms with E-state index in [2.05, 4.69) is 10.0 Å². The summed E-state index contributed by atoms with van der Waals surface area (Å²) in [5.74, 6) is -0.415. The molecule has 1 amide bonds. The van der Waals surface area contributed by atoms with Crippen molar-refractivity contribution in [2.75, 3.05) is 10.0 Å². The predicted octanol–water partition coefficient (Wildman–Crippen LogP) is 5.01. The molecule has 0 radical (unpaired) electrons. The van der Waals surface area contributed by atoms with E-state index in [0.717, 1.165) is 11.1 Å². The minimum atomic E-state index is -3.95. The summed E-state index contributed by atoms with van der Waals surface area (Å²) in [6, 6.07) is 18.2. The number of rotatable bonds is 5. The van der Waals surface area contributed by atoms with Crippen LogP contribution in [0.2, 0.25) is 5.02 Å². The molecule has 7 heteroatoms. The molecule has 3 aromatic rings. The number of benzene rings is 3. The van der Waals surface area contributed by atoms with Crippen molar-refractivity contribution in [3.8, 4) is 0 Å². The zero-order chi connectivity index (χ0) is 20.3. The lowest BCUT2D eigenvalue weighted by Gasteiger charge is -2.13. The molecule has 0 aliphatic heterocycles. The smallest absolute Gasteiger partial charge is 0.263 e. The molecule has 5 nitrogen and oxygen atoms in total. The molecule has 0 bridgehead atoms. The number of para-hydroxylation sites is 1. The Morgan fingerprint density at radius 2 is 1.64 bits per heavy atom. The number of hydrogen-bond donors (Lipinski definition) is 2. The van der Waals surface area contributed by atoms with Gasteiger partial charge in [0, 0.05) is 16.9 Å². The largest absolute Gasteiger partial charge is 0.322 e. The monoisotopic (exact) mass is 414 g/mol. The standard InChI is InChI=1S/C21H19ClN2O3S/c1-14-7-6-10-19(15(14)2)23-21(25)16-11-12-18(22)20(13-16)28(26,27)24-17-8-4-3-5-9-17/h3-13,24H,1-2H3,(H,23,25). The first-order chi connectivity index (χ1) is 13.3. The highest BCUT2D eigenvalue weighted by Gasteiger charge is 2.20. The van der Waals surface area contributed by atoms with Crippen LogP contribution in [0.3, 0.4) is 0 Å². The average Bonchev–Trinajstić information content (AvgIpc) is 2.66. The number of nitrogens with one attached hydrogen (secondary N) is 2. The second kappa shape index (κ2) is 8.04. The lowest BCUT2D eigenvalue weighted by atomic mass is 10.1. The van der Waals surface area contributed by atoms with Crippen molar-refractivity contribution in [1.29, 1.82) is 0 Å².